The molecule has 0 aliphatic heterocycles. The van der Waals surface area contributed by atoms with E-state index in [1.807, 2.05) is 46.0 Å². The van der Waals surface area contributed by atoms with Gasteiger partial charge in [-0.05, 0) is 78.2 Å². The molecule has 1 saturated carbocycles. The average molecular weight is 500 g/mol. The Kier molecular flexibility index (Phi) is 8.26. The van der Waals surface area contributed by atoms with Gasteiger partial charge in [0.25, 0.3) is 0 Å². The van der Waals surface area contributed by atoms with Crippen molar-refractivity contribution in [2.75, 3.05) is 32.6 Å². The maximum Gasteiger partial charge on any atom is 0.163 e. The number of rotatable bonds is 10. The second-order valence-electron chi connectivity index (χ2n) is 9.03. The van der Waals surface area contributed by atoms with Crippen LogP contribution in [-0.4, -0.2) is 54.6 Å². The Morgan fingerprint density at radius 1 is 1.17 bits per heavy atom. The first-order valence-electron chi connectivity index (χ1n) is 12.1. The number of halogens is 1. The van der Waals surface area contributed by atoms with Gasteiger partial charge in [0.2, 0.25) is 0 Å². The van der Waals surface area contributed by atoms with Gasteiger partial charge in [0.05, 0.1) is 34.7 Å². The van der Waals surface area contributed by atoms with E-state index < -0.39 is 0 Å². The minimum atomic E-state index is 0.266. The van der Waals surface area contributed by atoms with Crippen molar-refractivity contribution in [2.45, 2.75) is 58.6 Å². The van der Waals surface area contributed by atoms with Crippen LogP contribution in [0.3, 0.4) is 0 Å². The van der Waals surface area contributed by atoms with E-state index in [1.54, 1.807) is 7.11 Å². The highest BCUT2D eigenvalue weighted by molar-refractivity contribution is 6.33. The molecule has 0 radical (unpaired) electrons. The van der Waals surface area contributed by atoms with Crippen molar-refractivity contribution in [3.05, 3.63) is 40.2 Å². The van der Waals surface area contributed by atoms with Crippen molar-refractivity contribution in [2.24, 2.45) is 0 Å². The van der Waals surface area contributed by atoms with Crippen molar-refractivity contribution >= 4 is 17.4 Å². The van der Waals surface area contributed by atoms with E-state index in [0.717, 1.165) is 71.9 Å². The number of anilines is 1. The molecule has 35 heavy (non-hydrogen) atoms. The molecular formula is C26H34ClN5O3. The molecule has 1 fully saturated rings. The number of ether oxygens (including phenoxy) is 2. The van der Waals surface area contributed by atoms with Crippen LogP contribution in [0.2, 0.25) is 5.02 Å². The fraction of sp³-hybridized carbons (Fsp3) is 0.500. The summed E-state index contributed by atoms with van der Waals surface area (Å²) in [7, 11) is 3.70. The number of nitrogens with zero attached hydrogens (tertiary/aromatic N) is 3. The summed E-state index contributed by atoms with van der Waals surface area (Å²) in [5.41, 5.74) is 4.11. The standard InChI is InChI=1S/C26H34ClN5O3/c1-15-24(23-16(2)32-35-17(23)3)30-26(31-25(15)29-18-7-8-19(13-18)33-5)21-14-20(9-10-22(21)27)34-12-6-11-28-4/h9-10,14,18-19,28H,6-8,11-13H2,1-5H3,(H,29,30,31). The molecule has 2 atom stereocenters. The van der Waals surface area contributed by atoms with Crippen LogP contribution in [0.5, 0.6) is 5.75 Å². The number of methoxy groups -OCH3 is 1. The second kappa shape index (κ2) is 11.4. The van der Waals surface area contributed by atoms with Crippen molar-refractivity contribution in [3.8, 4) is 28.4 Å². The number of aryl methyl sites for hydroxylation is 2. The van der Waals surface area contributed by atoms with Crippen molar-refractivity contribution in [1.82, 2.24) is 20.4 Å². The third kappa shape index (κ3) is 5.77. The molecule has 1 aromatic carbocycles. The lowest BCUT2D eigenvalue weighted by atomic mass is 10.0. The summed E-state index contributed by atoms with van der Waals surface area (Å²) in [4.78, 5) is 9.89. The number of hydrogen-bond donors (Lipinski definition) is 2. The zero-order valence-electron chi connectivity index (χ0n) is 21.1. The lowest BCUT2D eigenvalue weighted by Crippen LogP contribution is -2.19. The summed E-state index contributed by atoms with van der Waals surface area (Å²) in [5, 5.41) is 11.5. The number of benzene rings is 1. The predicted molar refractivity (Wildman–Crippen MR) is 138 cm³/mol. The quantitative estimate of drug-likeness (QED) is 0.361. The van der Waals surface area contributed by atoms with Crippen LogP contribution in [0, 0.1) is 20.8 Å². The SMILES string of the molecule is CNCCCOc1ccc(Cl)c(-c2nc(NC3CCC(OC)C3)c(C)c(-c3c(C)noc3C)n2)c1. The van der Waals surface area contributed by atoms with E-state index in [0.29, 0.717) is 23.2 Å². The van der Waals surface area contributed by atoms with Gasteiger partial charge >= 0.3 is 0 Å². The Hall–Kier alpha value is -2.68. The largest absolute Gasteiger partial charge is 0.494 e. The van der Waals surface area contributed by atoms with Gasteiger partial charge in [-0.2, -0.15) is 0 Å². The topological polar surface area (TPSA) is 94.3 Å². The molecule has 1 aliphatic carbocycles. The van der Waals surface area contributed by atoms with Crippen LogP contribution in [0.4, 0.5) is 5.82 Å². The molecule has 0 saturated heterocycles. The molecule has 0 spiro atoms. The Bertz CT molecular complexity index is 1150. The lowest BCUT2D eigenvalue weighted by Gasteiger charge is -2.19. The van der Waals surface area contributed by atoms with Gasteiger partial charge in [0.1, 0.15) is 17.3 Å². The first kappa shape index (κ1) is 25.4. The third-order valence-electron chi connectivity index (χ3n) is 6.49. The number of aromatic nitrogens is 3. The molecule has 0 bridgehead atoms. The second-order valence-corrected chi connectivity index (χ2v) is 9.44. The number of nitrogens with one attached hydrogen (secondary N) is 2. The molecule has 2 unspecified atom stereocenters. The Labute approximate surface area is 211 Å². The molecule has 9 heteroatoms. The van der Waals surface area contributed by atoms with Crippen molar-refractivity contribution in [3.63, 3.8) is 0 Å². The zero-order chi connectivity index (χ0) is 24.9. The molecule has 8 nitrogen and oxygen atoms in total. The molecule has 1 aliphatic rings. The summed E-state index contributed by atoms with van der Waals surface area (Å²) in [6.45, 7) is 7.35. The van der Waals surface area contributed by atoms with E-state index in [1.165, 1.54) is 0 Å². The first-order chi connectivity index (χ1) is 16.9. The van der Waals surface area contributed by atoms with Gasteiger partial charge in [0.15, 0.2) is 5.82 Å². The lowest BCUT2D eigenvalue weighted by molar-refractivity contribution is 0.108. The van der Waals surface area contributed by atoms with Crippen LogP contribution in [0.25, 0.3) is 22.6 Å². The van der Waals surface area contributed by atoms with Gasteiger partial charge in [-0.3, -0.25) is 0 Å². The summed E-state index contributed by atoms with van der Waals surface area (Å²) in [5.74, 6) is 2.76. The van der Waals surface area contributed by atoms with Gasteiger partial charge in [-0.25, -0.2) is 9.97 Å². The average Bonchev–Trinajstić information content (AvgIpc) is 3.44. The van der Waals surface area contributed by atoms with Crippen molar-refractivity contribution in [1.29, 1.82) is 0 Å². The van der Waals surface area contributed by atoms with Gasteiger partial charge in [-0.15, -0.1) is 0 Å². The summed E-state index contributed by atoms with van der Waals surface area (Å²) in [6.07, 6.45) is 4.16. The summed E-state index contributed by atoms with van der Waals surface area (Å²) in [6, 6.07) is 5.88. The molecule has 2 aromatic heterocycles. The van der Waals surface area contributed by atoms with E-state index in [4.69, 9.17) is 35.6 Å². The van der Waals surface area contributed by atoms with Crippen LogP contribution >= 0.6 is 11.6 Å². The van der Waals surface area contributed by atoms with Gasteiger partial charge in [-0.1, -0.05) is 16.8 Å². The fourth-order valence-electron chi connectivity index (χ4n) is 4.53. The minimum Gasteiger partial charge on any atom is -0.494 e. The Morgan fingerprint density at radius 2 is 2.00 bits per heavy atom. The highest BCUT2D eigenvalue weighted by Crippen LogP contribution is 2.37. The maximum atomic E-state index is 6.64. The van der Waals surface area contributed by atoms with Crippen LogP contribution in [-0.2, 0) is 4.74 Å². The number of hydrogen-bond acceptors (Lipinski definition) is 8. The molecule has 4 rings (SSSR count). The van der Waals surface area contributed by atoms with Crippen LogP contribution in [0.15, 0.2) is 22.7 Å². The molecule has 2 N–H and O–H groups in total. The van der Waals surface area contributed by atoms with E-state index in [9.17, 15) is 0 Å². The first-order valence-corrected chi connectivity index (χ1v) is 12.5. The molecule has 0 amide bonds. The molecular weight excluding hydrogens is 466 g/mol. The van der Waals surface area contributed by atoms with E-state index >= 15 is 0 Å². The van der Waals surface area contributed by atoms with Crippen LogP contribution < -0.4 is 15.4 Å². The normalized spacial score (nSPS) is 17.7. The zero-order valence-corrected chi connectivity index (χ0v) is 21.8. The predicted octanol–water partition coefficient (Wildman–Crippen LogP) is 5.34. The van der Waals surface area contributed by atoms with E-state index in [2.05, 4.69) is 15.8 Å². The molecule has 3 aromatic rings. The fourth-order valence-corrected chi connectivity index (χ4v) is 4.73. The monoisotopic (exact) mass is 499 g/mol. The third-order valence-corrected chi connectivity index (χ3v) is 6.82. The Morgan fingerprint density at radius 3 is 2.69 bits per heavy atom. The Balaban J connectivity index is 1.75. The summed E-state index contributed by atoms with van der Waals surface area (Å²) < 4.78 is 17.0. The highest BCUT2D eigenvalue weighted by Gasteiger charge is 2.27. The van der Waals surface area contributed by atoms with Crippen molar-refractivity contribution < 1.29 is 14.0 Å². The van der Waals surface area contributed by atoms with Gasteiger partial charge in [0, 0.05) is 24.3 Å². The smallest absolute Gasteiger partial charge is 0.163 e. The molecule has 2 heterocycles. The van der Waals surface area contributed by atoms with Gasteiger partial charge < -0.3 is 24.6 Å². The van der Waals surface area contributed by atoms with Crippen LogP contribution in [0.1, 0.15) is 42.7 Å². The molecule has 188 valence electrons. The maximum absolute atomic E-state index is 6.64. The summed E-state index contributed by atoms with van der Waals surface area (Å²) >= 11 is 6.64. The highest BCUT2D eigenvalue weighted by atomic mass is 35.5. The van der Waals surface area contributed by atoms with E-state index in [-0.39, 0.29) is 12.1 Å². The minimum absolute atomic E-state index is 0.266.